The van der Waals surface area contributed by atoms with Crippen molar-refractivity contribution in [1.82, 2.24) is 5.32 Å². The Kier molecular flexibility index (Phi) is 6.61. The maximum atomic E-state index is 6.15. The standard InChI is InChI=1S/C23H23Cl2NOS/c1-23(2,26-3)15-9-11-18(22(13-15)28-4)17-7-5-6-8-21(17)27-16-10-12-19(24)20(25)14-16/h5-14,26H,1-4H3. The van der Waals surface area contributed by atoms with Crippen LogP contribution in [-0.4, -0.2) is 13.3 Å². The quantitative estimate of drug-likeness (QED) is 0.405. The lowest BCUT2D eigenvalue weighted by molar-refractivity contribution is 0.444. The van der Waals surface area contributed by atoms with E-state index >= 15 is 0 Å². The van der Waals surface area contributed by atoms with Crippen molar-refractivity contribution < 1.29 is 4.74 Å². The Labute approximate surface area is 181 Å². The van der Waals surface area contributed by atoms with Crippen LogP contribution in [-0.2, 0) is 5.54 Å². The summed E-state index contributed by atoms with van der Waals surface area (Å²) in [5, 5.41) is 4.35. The average molecular weight is 432 g/mol. The van der Waals surface area contributed by atoms with Gasteiger partial charge in [-0.1, -0.05) is 53.5 Å². The van der Waals surface area contributed by atoms with Crippen molar-refractivity contribution in [2.45, 2.75) is 24.3 Å². The molecule has 3 aromatic carbocycles. The second-order valence-corrected chi connectivity index (χ2v) is 8.63. The Morgan fingerprint density at radius 2 is 1.64 bits per heavy atom. The predicted molar refractivity (Wildman–Crippen MR) is 122 cm³/mol. The molecular formula is C23H23Cl2NOS. The van der Waals surface area contributed by atoms with Crippen LogP contribution in [0.3, 0.4) is 0 Å². The largest absolute Gasteiger partial charge is 0.457 e. The molecule has 0 saturated heterocycles. The Morgan fingerprint density at radius 3 is 2.32 bits per heavy atom. The SMILES string of the molecule is CNC(C)(C)c1ccc(-c2ccccc2Oc2ccc(Cl)c(Cl)c2)c(SC)c1. The van der Waals surface area contributed by atoms with E-state index < -0.39 is 0 Å². The first-order chi connectivity index (χ1) is 13.4. The number of hydrogen-bond donors (Lipinski definition) is 1. The molecule has 0 fully saturated rings. The number of para-hydroxylation sites is 1. The van der Waals surface area contributed by atoms with Crippen LogP contribution in [0.1, 0.15) is 19.4 Å². The summed E-state index contributed by atoms with van der Waals surface area (Å²) in [5.41, 5.74) is 3.32. The van der Waals surface area contributed by atoms with E-state index in [4.69, 9.17) is 27.9 Å². The first kappa shape index (κ1) is 21.1. The van der Waals surface area contributed by atoms with E-state index in [1.54, 1.807) is 23.9 Å². The molecule has 0 bridgehead atoms. The normalized spacial score (nSPS) is 11.5. The molecule has 0 aliphatic rings. The van der Waals surface area contributed by atoms with E-state index in [-0.39, 0.29) is 5.54 Å². The van der Waals surface area contributed by atoms with Crippen LogP contribution in [0.15, 0.2) is 65.6 Å². The van der Waals surface area contributed by atoms with Crippen LogP contribution >= 0.6 is 35.0 Å². The second kappa shape index (κ2) is 8.79. The van der Waals surface area contributed by atoms with Gasteiger partial charge in [0, 0.05) is 22.1 Å². The summed E-state index contributed by atoms with van der Waals surface area (Å²) in [7, 11) is 1.98. The number of benzene rings is 3. The fraction of sp³-hybridized carbons (Fsp3) is 0.217. The van der Waals surface area contributed by atoms with E-state index in [0.29, 0.717) is 15.8 Å². The van der Waals surface area contributed by atoms with Gasteiger partial charge in [0.1, 0.15) is 11.5 Å². The van der Waals surface area contributed by atoms with E-state index in [0.717, 1.165) is 16.9 Å². The molecule has 1 N–H and O–H groups in total. The summed E-state index contributed by atoms with van der Waals surface area (Å²) >= 11 is 13.9. The molecule has 0 spiro atoms. The fourth-order valence-electron chi connectivity index (χ4n) is 2.89. The highest BCUT2D eigenvalue weighted by Crippen LogP contribution is 2.40. The van der Waals surface area contributed by atoms with Gasteiger partial charge in [-0.05, 0) is 62.5 Å². The Balaban J connectivity index is 2.03. The molecule has 0 aliphatic heterocycles. The van der Waals surface area contributed by atoms with Crippen molar-refractivity contribution in [3.05, 3.63) is 76.3 Å². The minimum Gasteiger partial charge on any atom is -0.457 e. The molecule has 0 radical (unpaired) electrons. The zero-order valence-corrected chi connectivity index (χ0v) is 18.7. The van der Waals surface area contributed by atoms with E-state index in [1.807, 2.05) is 31.3 Å². The monoisotopic (exact) mass is 431 g/mol. The van der Waals surface area contributed by atoms with Crippen molar-refractivity contribution in [3.63, 3.8) is 0 Å². The van der Waals surface area contributed by atoms with Crippen molar-refractivity contribution in [2.75, 3.05) is 13.3 Å². The van der Waals surface area contributed by atoms with Crippen LogP contribution in [0.4, 0.5) is 0 Å². The van der Waals surface area contributed by atoms with E-state index in [9.17, 15) is 0 Å². The lowest BCUT2D eigenvalue weighted by atomic mass is 9.92. The third-order valence-electron chi connectivity index (χ3n) is 4.84. The number of rotatable bonds is 6. The summed E-state index contributed by atoms with van der Waals surface area (Å²) in [6.45, 7) is 4.35. The zero-order chi connectivity index (χ0) is 20.3. The molecule has 5 heteroatoms. The van der Waals surface area contributed by atoms with Gasteiger partial charge < -0.3 is 10.1 Å². The van der Waals surface area contributed by atoms with Gasteiger partial charge in [0.2, 0.25) is 0 Å². The molecule has 28 heavy (non-hydrogen) atoms. The van der Waals surface area contributed by atoms with Gasteiger partial charge in [-0.2, -0.15) is 0 Å². The number of hydrogen-bond acceptors (Lipinski definition) is 3. The van der Waals surface area contributed by atoms with Crippen molar-refractivity contribution in [1.29, 1.82) is 0 Å². The maximum absolute atomic E-state index is 6.15. The van der Waals surface area contributed by atoms with Gasteiger partial charge >= 0.3 is 0 Å². The Bertz CT molecular complexity index is 988. The van der Waals surface area contributed by atoms with Crippen LogP contribution in [0.5, 0.6) is 11.5 Å². The number of ether oxygens (including phenoxy) is 1. The van der Waals surface area contributed by atoms with Crippen molar-refractivity contribution in [3.8, 4) is 22.6 Å². The molecule has 3 rings (SSSR count). The molecule has 2 nitrogen and oxygen atoms in total. The minimum absolute atomic E-state index is 0.0981. The van der Waals surface area contributed by atoms with E-state index in [2.05, 4.69) is 49.7 Å². The molecule has 0 atom stereocenters. The third kappa shape index (κ3) is 4.49. The van der Waals surface area contributed by atoms with Crippen LogP contribution in [0.25, 0.3) is 11.1 Å². The molecule has 0 aromatic heterocycles. The lowest BCUT2D eigenvalue weighted by Crippen LogP contribution is -2.33. The van der Waals surface area contributed by atoms with Gasteiger partial charge in [0.25, 0.3) is 0 Å². The Hall–Kier alpha value is -1.65. The van der Waals surface area contributed by atoms with Gasteiger partial charge in [-0.25, -0.2) is 0 Å². The first-order valence-electron chi connectivity index (χ1n) is 8.95. The minimum atomic E-state index is -0.0981. The molecule has 146 valence electrons. The summed E-state index contributed by atoms with van der Waals surface area (Å²) in [5.74, 6) is 1.43. The van der Waals surface area contributed by atoms with Gasteiger partial charge in [-0.3, -0.25) is 0 Å². The lowest BCUT2D eigenvalue weighted by Gasteiger charge is -2.26. The second-order valence-electron chi connectivity index (χ2n) is 6.96. The summed E-state index contributed by atoms with van der Waals surface area (Å²) < 4.78 is 6.15. The highest BCUT2D eigenvalue weighted by atomic mass is 35.5. The van der Waals surface area contributed by atoms with Crippen molar-refractivity contribution >= 4 is 35.0 Å². The molecule has 0 unspecified atom stereocenters. The van der Waals surface area contributed by atoms with Gasteiger partial charge in [0.05, 0.1) is 10.0 Å². The molecule has 3 aromatic rings. The average Bonchev–Trinajstić information content (AvgIpc) is 2.70. The predicted octanol–water partition coefficient (Wildman–Crippen LogP) is 7.63. The number of thioether (sulfide) groups is 1. The van der Waals surface area contributed by atoms with Crippen LogP contribution in [0.2, 0.25) is 10.0 Å². The molecule has 0 saturated carbocycles. The summed E-state index contributed by atoms with van der Waals surface area (Å²) in [6.07, 6.45) is 2.09. The molecule has 0 heterocycles. The highest BCUT2D eigenvalue weighted by Gasteiger charge is 2.20. The maximum Gasteiger partial charge on any atom is 0.135 e. The van der Waals surface area contributed by atoms with Gasteiger partial charge in [0.15, 0.2) is 0 Å². The fourth-order valence-corrected chi connectivity index (χ4v) is 3.82. The van der Waals surface area contributed by atoms with Crippen LogP contribution in [0, 0.1) is 0 Å². The summed E-state index contributed by atoms with van der Waals surface area (Å²) in [4.78, 5) is 1.20. The van der Waals surface area contributed by atoms with Gasteiger partial charge in [-0.15, -0.1) is 11.8 Å². The number of halogens is 2. The molecule has 0 aliphatic carbocycles. The first-order valence-corrected chi connectivity index (χ1v) is 10.9. The summed E-state index contributed by atoms with van der Waals surface area (Å²) in [6, 6.07) is 19.9. The van der Waals surface area contributed by atoms with Crippen LogP contribution < -0.4 is 10.1 Å². The van der Waals surface area contributed by atoms with E-state index in [1.165, 1.54) is 10.5 Å². The molecular weight excluding hydrogens is 409 g/mol. The Morgan fingerprint density at radius 1 is 0.893 bits per heavy atom. The number of nitrogens with one attached hydrogen (secondary N) is 1. The molecule has 0 amide bonds. The van der Waals surface area contributed by atoms with Crippen molar-refractivity contribution in [2.24, 2.45) is 0 Å². The zero-order valence-electron chi connectivity index (χ0n) is 16.3. The third-order valence-corrected chi connectivity index (χ3v) is 6.36. The smallest absolute Gasteiger partial charge is 0.135 e. The highest BCUT2D eigenvalue weighted by molar-refractivity contribution is 7.98. The topological polar surface area (TPSA) is 21.3 Å².